The first-order chi connectivity index (χ1) is 7.58. The normalized spacial score (nSPS) is 11.0. The largest absolute Gasteiger partial charge is 0.545 e. The van der Waals surface area contributed by atoms with Crippen LogP contribution in [0.4, 0.5) is 0 Å². The van der Waals surface area contributed by atoms with Crippen LogP contribution in [0.2, 0.25) is 0 Å². The van der Waals surface area contributed by atoms with Gasteiger partial charge < -0.3 is 19.8 Å². The quantitative estimate of drug-likeness (QED) is 0.618. The first-order valence-electron chi connectivity index (χ1n) is 4.46. The molecule has 0 aliphatic heterocycles. The summed E-state index contributed by atoms with van der Waals surface area (Å²) in [5.74, 6) is -2.53. The summed E-state index contributed by atoms with van der Waals surface area (Å²) in [4.78, 5) is 20.3. The van der Waals surface area contributed by atoms with E-state index in [2.05, 4.69) is 0 Å². The molecule has 0 heterocycles. The second-order valence-corrected chi connectivity index (χ2v) is 2.97. The third kappa shape index (κ3) is 4.23. The van der Waals surface area contributed by atoms with E-state index in [-0.39, 0.29) is 0 Å². The molecule has 0 aliphatic carbocycles. The molecule has 0 saturated carbocycles. The average molecular weight is 216 g/mol. The average Bonchev–Trinajstić information content (AvgIpc) is 2.25. The van der Waals surface area contributed by atoms with Crippen molar-refractivity contribution in [2.24, 2.45) is 0 Å². The summed E-state index contributed by atoms with van der Waals surface area (Å²) in [7, 11) is 0. The lowest BCUT2D eigenvalue weighted by molar-refractivity contribution is -0.298. The van der Waals surface area contributed by atoms with Gasteiger partial charge in [0.1, 0.15) is 0 Å². The third-order valence-electron chi connectivity index (χ3n) is 1.76. The van der Waals surface area contributed by atoms with Crippen LogP contribution < -0.4 is 10.2 Å². The standard InChI is InChI=1S/C12H10O4/c13-11(14)7-5-9-1-2-10(4-3-9)6-8-12(15)16/h1-8H,(H,13,14)(H,15,16)/p-2. The first kappa shape index (κ1) is 11.7. The highest BCUT2D eigenvalue weighted by molar-refractivity contribution is 5.84. The topological polar surface area (TPSA) is 80.3 Å². The summed E-state index contributed by atoms with van der Waals surface area (Å²) >= 11 is 0. The zero-order valence-corrected chi connectivity index (χ0v) is 8.25. The Morgan fingerprint density at radius 3 is 1.38 bits per heavy atom. The first-order valence-corrected chi connectivity index (χ1v) is 4.46. The number of hydrogen-bond acceptors (Lipinski definition) is 4. The number of aliphatic carboxylic acids is 2. The lowest BCUT2D eigenvalue weighted by Gasteiger charge is -1.97. The molecule has 0 bridgehead atoms. The van der Waals surface area contributed by atoms with Crippen LogP contribution >= 0.6 is 0 Å². The highest BCUT2D eigenvalue weighted by Crippen LogP contribution is 2.07. The molecule has 0 amide bonds. The number of carbonyl (C=O) groups excluding carboxylic acids is 2. The second-order valence-electron chi connectivity index (χ2n) is 2.97. The predicted molar refractivity (Wildman–Crippen MR) is 54.5 cm³/mol. The molecule has 0 saturated heterocycles. The van der Waals surface area contributed by atoms with Gasteiger partial charge in [-0.3, -0.25) is 0 Å². The highest BCUT2D eigenvalue weighted by atomic mass is 16.4. The highest BCUT2D eigenvalue weighted by Gasteiger charge is 1.88. The van der Waals surface area contributed by atoms with E-state index < -0.39 is 11.9 Å². The summed E-state index contributed by atoms with van der Waals surface area (Å²) < 4.78 is 0. The van der Waals surface area contributed by atoms with Crippen LogP contribution in [-0.2, 0) is 9.59 Å². The van der Waals surface area contributed by atoms with Gasteiger partial charge in [0.15, 0.2) is 0 Å². The van der Waals surface area contributed by atoms with Gasteiger partial charge in [-0.2, -0.15) is 0 Å². The molecule has 4 heteroatoms. The Hall–Kier alpha value is -2.36. The molecule has 0 aromatic heterocycles. The molecule has 0 aliphatic rings. The summed E-state index contributed by atoms with van der Waals surface area (Å²) in [5.41, 5.74) is 1.38. The minimum atomic E-state index is -1.26. The van der Waals surface area contributed by atoms with Crippen molar-refractivity contribution in [2.45, 2.75) is 0 Å². The third-order valence-corrected chi connectivity index (χ3v) is 1.76. The van der Waals surface area contributed by atoms with Gasteiger partial charge in [0.25, 0.3) is 0 Å². The fourth-order valence-electron chi connectivity index (χ4n) is 1.05. The number of carboxylic acid groups (broad SMARTS) is 2. The Balaban J connectivity index is 2.75. The molecule has 0 atom stereocenters. The summed E-state index contributed by atoms with van der Waals surface area (Å²) in [5, 5.41) is 20.3. The zero-order chi connectivity index (χ0) is 12.0. The lowest BCUT2D eigenvalue weighted by Crippen LogP contribution is -2.18. The van der Waals surface area contributed by atoms with E-state index in [0.29, 0.717) is 11.1 Å². The van der Waals surface area contributed by atoms with Gasteiger partial charge in [-0.05, 0) is 23.3 Å². The molecular formula is C12H8O4-2. The molecule has 82 valence electrons. The minimum absolute atomic E-state index is 0.690. The number of benzene rings is 1. The van der Waals surface area contributed by atoms with E-state index in [9.17, 15) is 19.8 Å². The Morgan fingerprint density at radius 2 is 1.12 bits per heavy atom. The van der Waals surface area contributed by atoms with Crippen LogP contribution in [0.15, 0.2) is 36.4 Å². The molecule has 0 N–H and O–H groups in total. The van der Waals surface area contributed by atoms with Crippen molar-refractivity contribution in [2.75, 3.05) is 0 Å². The summed E-state index contributed by atoms with van der Waals surface area (Å²) in [6.45, 7) is 0. The van der Waals surface area contributed by atoms with Gasteiger partial charge in [-0.1, -0.05) is 36.4 Å². The molecule has 0 spiro atoms. The van der Waals surface area contributed by atoms with Crippen LogP contribution in [0.5, 0.6) is 0 Å². The summed E-state index contributed by atoms with van der Waals surface area (Å²) in [6.07, 6.45) is 4.63. The maximum atomic E-state index is 10.1. The van der Waals surface area contributed by atoms with Crippen molar-refractivity contribution in [1.82, 2.24) is 0 Å². The number of carboxylic acids is 2. The van der Waals surface area contributed by atoms with Gasteiger partial charge in [0, 0.05) is 0 Å². The van der Waals surface area contributed by atoms with Gasteiger partial charge in [-0.15, -0.1) is 0 Å². The maximum absolute atomic E-state index is 10.1. The molecule has 0 radical (unpaired) electrons. The van der Waals surface area contributed by atoms with Crippen molar-refractivity contribution >= 4 is 24.1 Å². The van der Waals surface area contributed by atoms with Crippen LogP contribution in [0.1, 0.15) is 11.1 Å². The van der Waals surface area contributed by atoms with E-state index in [1.807, 2.05) is 0 Å². The molecular weight excluding hydrogens is 208 g/mol. The van der Waals surface area contributed by atoms with Gasteiger partial charge in [0.05, 0.1) is 11.9 Å². The monoisotopic (exact) mass is 216 g/mol. The Labute approximate surface area is 92.2 Å². The van der Waals surface area contributed by atoms with Crippen molar-refractivity contribution < 1.29 is 19.8 Å². The number of rotatable bonds is 4. The Bertz CT molecular complexity index is 398. The lowest BCUT2D eigenvalue weighted by atomic mass is 10.1. The Morgan fingerprint density at radius 1 is 0.812 bits per heavy atom. The molecule has 0 unspecified atom stereocenters. The van der Waals surface area contributed by atoms with Crippen molar-refractivity contribution in [3.63, 3.8) is 0 Å². The van der Waals surface area contributed by atoms with Gasteiger partial charge in [-0.25, -0.2) is 0 Å². The van der Waals surface area contributed by atoms with E-state index in [1.54, 1.807) is 24.3 Å². The van der Waals surface area contributed by atoms with Crippen LogP contribution in [-0.4, -0.2) is 11.9 Å². The maximum Gasteiger partial charge on any atom is 0.0643 e. The fraction of sp³-hybridized carbons (Fsp3) is 0. The smallest absolute Gasteiger partial charge is 0.0643 e. The van der Waals surface area contributed by atoms with Crippen molar-refractivity contribution in [1.29, 1.82) is 0 Å². The molecule has 0 fully saturated rings. The van der Waals surface area contributed by atoms with Crippen molar-refractivity contribution in [3.8, 4) is 0 Å². The van der Waals surface area contributed by atoms with Gasteiger partial charge >= 0.3 is 0 Å². The molecule has 1 aromatic rings. The molecule has 16 heavy (non-hydrogen) atoms. The molecule has 1 rings (SSSR count). The predicted octanol–water partition coefficient (Wildman–Crippen LogP) is -0.787. The molecule has 1 aromatic carbocycles. The zero-order valence-electron chi connectivity index (χ0n) is 8.25. The van der Waals surface area contributed by atoms with Crippen LogP contribution in [0.25, 0.3) is 12.2 Å². The number of carbonyl (C=O) groups is 2. The minimum Gasteiger partial charge on any atom is -0.545 e. The second kappa shape index (κ2) is 5.50. The molecule has 4 nitrogen and oxygen atoms in total. The summed E-state index contributed by atoms with van der Waals surface area (Å²) in [6, 6.07) is 6.64. The Kier molecular flexibility index (Phi) is 4.03. The van der Waals surface area contributed by atoms with E-state index in [4.69, 9.17) is 0 Å². The van der Waals surface area contributed by atoms with E-state index in [1.165, 1.54) is 12.2 Å². The van der Waals surface area contributed by atoms with E-state index >= 15 is 0 Å². The van der Waals surface area contributed by atoms with Crippen molar-refractivity contribution in [3.05, 3.63) is 47.5 Å². The number of hydrogen-bond donors (Lipinski definition) is 0. The van der Waals surface area contributed by atoms with Gasteiger partial charge in [0.2, 0.25) is 0 Å². The van der Waals surface area contributed by atoms with Crippen LogP contribution in [0.3, 0.4) is 0 Å². The van der Waals surface area contributed by atoms with E-state index in [0.717, 1.165) is 12.2 Å². The SMILES string of the molecule is O=C([O-])C=Cc1ccc(C=CC(=O)[O-])cc1. The fourth-order valence-corrected chi connectivity index (χ4v) is 1.05. The van der Waals surface area contributed by atoms with Crippen LogP contribution in [0, 0.1) is 0 Å².